The van der Waals surface area contributed by atoms with Crippen LogP contribution in [-0.4, -0.2) is 41.5 Å². The minimum absolute atomic E-state index is 0.0120. The van der Waals surface area contributed by atoms with Crippen LogP contribution < -0.4 is 21.5 Å². The van der Waals surface area contributed by atoms with Crippen LogP contribution in [0.5, 0.6) is 0 Å². The zero-order valence-electron chi connectivity index (χ0n) is 14.6. The molecule has 4 N–H and O–H groups in total. The molecule has 2 rings (SSSR count). The van der Waals surface area contributed by atoms with Gasteiger partial charge in [-0.1, -0.05) is 0 Å². The van der Waals surface area contributed by atoms with Crippen molar-refractivity contribution in [1.82, 2.24) is 9.97 Å². The number of H-pyrrole nitrogens is 1. The molecule has 9 nitrogen and oxygen atoms in total. The molecule has 0 saturated carbocycles. The van der Waals surface area contributed by atoms with Gasteiger partial charge in [0.05, 0.1) is 18.4 Å². The highest BCUT2D eigenvalue weighted by Gasteiger charge is 2.15. The van der Waals surface area contributed by atoms with E-state index in [0.717, 1.165) is 5.69 Å². The maximum atomic E-state index is 11.9. The topological polar surface area (TPSA) is 130 Å². The number of aromatic amines is 1. The Labute approximate surface area is 150 Å². The number of hydrogen-bond donors (Lipinski definition) is 3. The number of ether oxygens (including phenoxy) is 1. The van der Waals surface area contributed by atoms with E-state index < -0.39 is 5.56 Å². The summed E-state index contributed by atoms with van der Waals surface area (Å²) in [7, 11) is 0. The number of esters is 1. The number of anilines is 3. The molecule has 1 aromatic heterocycles. The first-order valence-electron chi connectivity index (χ1n) is 8.06. The quantitative estimate of drug-likeness (QED) is 0.628. The Morgan fingerprint density at radius 2 is 2.00 bits per heavy atom. The van der Waals surface area contributed by atoms with E-state index in [1.807, 2.05) is 0 Å². The number of nitrogens with one attached hydrogen (secondary N) is 2. The largest absolute Gasteiger partial charge is 0.462 e. The monoisotopic (exact) mass is 359 g/mol. The predicted octanol–water partition coefficient (Wildman–Crippen LogP) is 0.994. The van der Waals surface area contributed by atoms with Crippen molar-refractivity contribution < 1.29 is 14.3 Å². The van der Waals surface area contributed by atoms with Crippen molar-refractivity contribution in [2.24, 2.45) is 0 Å². The summed E-state index contributed by atoms with van der Waals surface area (Å²) in [6, 6.07) is 6.78. The normalized spacial score (nSPS) is 10.2. The van der Waals surface area contributed by atoms with Gasteiger partial charge in [-0.3, -0.25) is 14.6 Å². The summed E-state index contributed by atoms with van der Waals surface area (Å²) in [6.07, 6.45) is 1.27. The number of amides is 1. The van der Waals surface area contributed by atoms with Crippen molar-refractivity contribution in [2.45, 2.75) is 13.8 Å². The van der Waals surface area contributed by atoms with Crippen molar-refractivity contribution in [3.05, 3.63) is 46.4 Å². The van der Waals surface area contributed by atoms with E-state index >= 15 is 0 Å². The summed E-state index contributed by atoms with van der Waals surface area (Å²) in [5.74, 6) is -0.680. The average Bonchev–Trinajstić information content (AvgIpc) is 2.60. The fourth-order valence-electron chi connectivity index (χ4n) is 2.29. The molecule has 2 aromatic rings. The third kappa shape index (κ3) is 4.82. The number of nitrogen functional groups attached to an aromatic ring is 1. The van der Waals surface area contributed by atoms with E-state index in [0.29, 0.717) is 18.7 Å². The molecule has 0 spiro atoms. The van der Waals surface area contributed by atoms with Gasteiger partial charge in [-0.25, -0.2) is 9.78 Å². The minimum atomic E-state index is -0.480. The summed E-state index contributed by atoms with van der Waals surface area (Å²) in [5, 5.41) is 3.13. The second-order valence-electron chi connectivity index (χ2n) is 5.38. The first-order chi connectivity index (χ1) is 12.4. The molecule has 9 heteroatoms. The molecule has 1 heterocycles. The third-order valence-electron chi connectivity index (χ3n) is 3.53. The molecule has 138 valence electrons. The van der Waals surface area contributed by atoms with Gasteiger partial charge in [0.1, 0.15) is 5.69 Å². The summed E-state index contributed by atoms with van der Waals surface area (Å²) in [5.41, 5.74) is 6.30. The molecule has 1 amide bonds. The Kier molecular flexibility index (Phi) is 6.31. The molecule has 0 aliphatic heterocycles. The SMILES string of the molecule is CCOC(=O)c1ccc(NCCN(C(C)=O)c2cnc(N)[nH]c2=O)cc1. The van der Waals surface area contributed by atoms with Crippen LogP contribution in [0.3, 0.4) is 0 Å². The van der Waals surface area contributed by atoms with Crippen molar-refractivity contribution in [2.75, 3.05) is 35.6 Å². The smallest absolute Gasteiger partial charge is 0.338 e. The molecule has 0 unspecified atom stereocenters. The Morgan fingerprint density at radius 3 is 2.58 bits per heavy atom. The Bertz CT molecular complexity index is 832. The van der Waals surface area contributed by atoms with E-state index in [2.05, 4.69) is 15.3 Å². The second-order valence-corrected chi connectivity index (χ2v) is 5.38. The lowest BCUT2D eigenvalue weighted by Crippen LogP contribution is -2.37. The molecule has 0 atom stereocenters. The van der Waals surface area contributed by atoms with E-state index in [-0.39, 0.29) is 30.1 Å². The molecule has 0 fully saturated rings. The molecule has 0 aliphatic rings. The van der Waals surface area contributed by atoms with Gasteiger partial charge in [0, 0.05) is 25.7 Å². The van der Waals surface area contributed by atoms with Gasteiger partial charge in [-0.15, -0.1) is 0 Å². The molecule has 0 aliphatic carbocycles. The van der Waals surface area contributed by atoms with Crippen molar-refractivity contribution in [3.63, 3.8) is 0 Å². The van der Waals surface area contributed by atoms with E-state index in [1.54, 1.807) is 31.2 Å². The number of carbonyl (C=O) groups excluding carboxylic acids is 2. The van der Waals surface area contributed by atoms with Crippen LogP contribution in [0.1, 0.15) is 24.2 Å². The van der Waals surface area contributed by atoms with Gasteiger partial charge in [0.15, 0.2) is 5.95 Å². The summed E-state index contributed by atoms with van der Waals surface area (Å²) >= 11 is 0. The van der Waals surface area contributed by atoms with Gasteiger partial charge < -0.3 is 20.7 Å². The highest BCUT2D eigenvalue weighted by molar-refractivity contribution is 5.91. The maximum absolute atomic E-state index is 11.9. The lowest BCUT2D eigenvalue weighted by atomic mass is 10.2. The van der Waals surface area contributed by atoms with Crippen molar-refractivity contribution in [3.8, 4) is 0 Å². The lowest BCUT2D eigenvalue weighted by molar-refractivity contribution is -0.116. The van der Waals surface area contributed by atoms with E-state index in [9.17, 15) is 14.4 Å². The Hall–Kier alpha value is -3.36. The van der Waals surface area contributed by atoms with Crippen LogP contribution in [0, 0.1) is 0 Å². The van der Waals surface area contributed by atoms with Gasteiger partial charge in [-0.05, 0) is 31.2 Å². The molecule has 26 heavy (non-hydrogen) atoms. The standard InChI is InChI=1S/C17H21N5O4/c1-3-26-16(25)12-4-6-13(7-5-12)19-8-9-22(11(2)23)14-10-20-17(18)21-15(14)24/h4-7,10,19H,3,8-9H2,1-2H3,(H3,18,20,21,24). The van der Waals surface area contributed by atoms with Gasteiger partial charge in [-0.2, -0.15) is 0 Å². The van der Waals surface area contributed by atoms with Crippen molar-refractivity contribution >= 4 is 29.2 Å². The van der Waals surface area contributed by atoms with Crippen LogP contribution in [0.25, 0.3) is 0 Å². The number of nitrogens with zero attached hydrogens (tertiary/aromatic N) is 2. The van der Waals surface area contributed by atoms with Gasteiger partial charge in [0.25, 0.3) is 5.56 Å². The van der Waals surface area contributed by atoms with Crippen LogP contribution in [0.15, 0.2) is 35.3 Å². The molecule has 0 bridgehead atoms. The zero-order valence-corrected chi connectivity index (χ0v) is 14.6. The van der Waals surface area contributed by atoms with Crippen LogP contribution in [0.4, 0.5) is 17.3 Å². The average molecular weight is 359 g/mol. The number of rotatable bonds is 7. The molecule has 1 aromatic carbocycles. The molecular weight excluding hydrogens is 338 g/mol. The Morgan fingerprint density at radius 1 is 1.31 bits per heavy atom. The fourth-order valence-corrected chi connectivity index (χ4v) is 2.29. The molecule has 0 saturated heterocycles. The first kappa shape index (κ1) is 19.0. The first-order valence-corrected chi connectivity index (χ1v) is 8.06. The van der Waals surface area contributed by atoms with Crippen LogP contribution in [-0.2, 0) is 9.53 Å². The number of benzene rings is 1. The van der Waals surface area contributed by atoms with Crippen LogP contribution in [0.2, 0.25) is 0 Å². The summed E-state index contributed by atoms with van der Waals surface area (Å²) in [6.45, 7) is 4.07. The van der Waals surface area contributed by atoms with Gasteiger partial charge in [0.2, 0.25) is 5.91 Å². The third-order valence-corrected chi connectivity index (χ3v) is 3.53. The van der Waals surface area contributed by atoms with Crippen LogP contribution >= 0.6 is 0 Å². The Balaban J connectivity index is 1.99. The molecular formula is C17H21N5O4. The number of hydrogen-bond acceptors (Lipinski definition) is 7. The number of nitrogens with two attached hydrogens (primary N) is 1. The molecule has 0 radical (unpaired) electrons. The van der Waals surface area contributed by atoms with Crippen molar-refractivity contribution in [1.29, 1.82) is 0 Å². The second kappa shape index (κ2) is 8.65. The fraction of sp³-hybridized carbons (Fsp3) is 0.294. The summed E-state index contributed by atoms with van der Waals surface area (Å²) < 4.78 is 4.92. The highest BCUT2D eigenvalue weighted by atomic mass is 16.5. The lowest BCUT2D eigenvalue weighted by Gasteiger charge is -2.20. The minimum Gasteiger partial charge on any atom is -0.462 e. The zero-order chi connectivity index (χ0) is 19.1. The highest BCUT2D eigenvalue weighted by Crippen LogP contribution is 2.11. The van der Waals surface area contributed by atoms with E-state index in [4.69, 9.17) is 10.5 Å². The summed E-state index contributed by atoms with van der Waals surface area (Å²) in [4.78, 5) is 42.9. The van der Waals surface area contributed by atoms with Gasteiger partial charge >= 0.3 is 5.97 Å². The number of aromatic nitrogens is 2. The number of carbonyl (C=O) groups is 2. The maximum Gasteiger partial charge on any atom is 0.338 e. The predicted molar refractivity (Wildman–Crippen MR) is 98.2 cm³/mol. The van der Waals surface area contributed by atoms with E-state index in [1.165, 1.54) is 18.0 Å².